The largest absolute Gasteiger partial charge is 0.493 e. The molecule has 0 fully saturated rings. The number of ether oxygens (including phenoxy) is 5. The van der Waals surface area contributed by atoms with Gasteiger partial charge in [-0.1, -0.05) is 12.1 Å². The smallest absolute Gasteiger partial charge is 0.314 e. The normalized spacial score (nSPS) is 12.6. The summed E-state index contributed by atoms with van der Waals surface area (Å²) in [5, 5.41) is 0. The molecular weight excluding hydrogens is 374 g/mol. The third kappa shape index (κ3) is 4.92. The van der Waals surface area contributed by atoms with E-state index in [0.717, 1.165) is 11.1 Å². The zero-order chi connectivity index (χ0) is 21.4. The number of hydrogen-bond acceptors (Lipinski definition) is 7. The summed E-state index contributed by atoms with van der Waals surface area (Å²) in [7, 11) is 6.25. The molecule has 0 aromatic heterocycles. The lowest BCUT2D eigenvalue weighted by Gasteiger charge is -2.26. The topological polar surface area (TPSA) is 89.2 Å². The molecule has 0 unspecified atom stereocenters. The standard InChI is InChI=1S/C22H29NO6/c1-6-29-22(24)21(15-8-10-18(26-3)20(12-15)28-5)16(13-23)14-7-9-17(25-2)19(11-14)27-4/h7-12,16,21H,6,13,23H2,1-5H3/t16-,21-/m0/s1. The number of methoxy groups -OCH3 is 4. The highest BCUT2D eigenvalue weighted by Crippen LogP contribution is 2.40. The quantitative estimate of drug-likeness (QED) is 0.610. The van der Waals surface area contributed by atoms with Gasteiger partial charge in [0, 0.05) is 12.5 Å². The Morgan fingerprint density at radius 2 is 1.31 bits per heavy atom. The van der Waals surface area contributed by atoms with Crippen LogP contribution in [0.5, 0.6) is 23.0 Å². The predicted molar refractivity (Wildman–Crippen MR) is 110 cm³/mol. The van der Waals surface area contributed by atoms with Crippen molar-refractivity contribution in [2.45, 2.75) is 18.8 Å². The van der Waals surface area contributed by atoms with Gasteiger partial charge in [-0.15, -0.1) is 0 Å². The molecule has 0 saturated carbocycles. The van der Waals surface area contributed by atoms with Crippen LogP contribution in [0, 0.1) is 0 Å². The molecule has 0 aliphatic rings. The molecule has 7 heteroatoms. The summed E-state index contributed by atoms with van der Waals surface area (Å²) < 4.78 is 26.8. The zero-order valence-corrected chi connectivity index (χ0v) is 17.6. The molecule has 0 spiro atoms. The average Bonchev–Trinajstić information content (AvgIpc) is 2.76. The Hall–Kier alpha value is -2.93. The highest BCUT2D eigenvalue weighted by Gasteiger charge is 2.33. The Balaban J connectivity index is 2.57. The summed E-state index contributed by atoms with van der Waals surface area (Å²) >= 11 is 0. The van der Waals surface area contributed by atoms with E-state index in [-0.39, 0.29) is 25.0 Å². The van der Waals surface area contributed by atoms with Crippen LogP contribution in [0.2, 0.25) is 0 Å². The zero-order valence-electron chi connectivity index (χ0n) is 17.6. The van der Waals surface area contributed by atoms with E-state index in [1.54, 1.807) is 53.6 Å². The van der Waals surface area contributed by atoms with Gasteiger partial charge in [0.05, 0.1) is 41.0 Å². The molecule has 0 heterocycles. The number of nitrogens with two attached hydrogens (primary N) is 1. The van der Waals surface area contributed by atoms with Gasteiger partial charge in [-0.3, -0.25) is 4.79 Å². The molecule has 0 radical (unpaired) electrons. The molecule has 158 valence electrons. The summed E-state index contributed by atoms with van der Waals surface area (Å²) in [5.41, 5.74) is 7.70. The number of hydrogen-bond donors (Lipinski definition) is 1. The highest BCUT2D eigenvalue weighted by atomic mass is 16.5. The Bertz CT molecular complexity index is 823. The predicted octanol–water partition coefficient (Wildman–Crippen LogP) is 3.11. The van der Waals surface area contributed by atoms with Crippen molar-refractivity contribution in [3.05, 3.63) is 47.5 Å². The summed E-state index contributed by atoms with van der Waals surface area (Å²) in [6, 6.07) is 10.9. The second-order valence-corrected chi connectivity index (χ2v) is 6.30. The van der Waals surface area contributed by atoms with E-state index in [0.29, 0.717) is 23.0 Å². The van der Waals surface area contributed by atoms with Crippen LogP contribution in [0.3, 0.4) is 0 Å². The van der Waals surface area contributed by atoms with Crippen LogP contribution in [-0.2, 0) is 9.53 Å². The Kier molecular flexibility index (Phi) is 8.15. The van der Waals surface area contributed by atoms with E-state index in [2.05, 4.69) is 0 Å². The number of benzene rings is 2. The Labute approximate surface area is 171 Å². The van der Waals surface area contributed by atoms with E-state index < -0.39 is 5.92 Å². The molecule has 2 rings (SSSR count). The maximum absolute atomic E-state index is 12.9. The minimum Gasteiger partial charge on any atom is -0.493 e. The molecule has 2 atom stereocenters. The number of carbonyl (C=O) groups excluding carboxylic acids is 1. The van der Waals surface area contributed by atoms with Crippen LogP contribution in [0.1, 0.15) is 29.9 Å². The fourth-order valence-corrected chi connectivity index (χ4v) is 3.36. The van der Waals surface area contributed by atoms with E-state index >= 15 is 0 Å². The molecule has 0 amide bonds. The van der Waals surface area contributed by atoms with Crippen molar-refractivity contribution in [3.63, 3.8) is 0 Å². The third-order valence-corrected chi connectivity index (χ3v) is 4.80. The first-order valence-corrected chi connectivity index (χ1v) is 9.35. The van der Waals surface area contributed by atoms with Crippen molar-refractivity contribution in [3.8, 4) is 23.0 Å². The summed E-state index contributed by atoms with van der Waals surface area (Å²) in [6.07, 6.45) is 0. The molecule has 2 N–H and O–H groups in total. The van der Waals surface area contributed by atoms with E-state index in [1.807, 2.05) is 18.2 Å². The van der Waals surface area contributed by atoms with Crippen molar-refractivity contribution in [1.29, 1.82) is 0 Å². The second-order valence-electron chi connectivity index (χ2n) is 6.30. The van der Waals surface area contributed by atoms with Gasteiger partial charge < -0.3 is 29.4 Å². The van der Waals surface area contributed by atoms with E-state index in [4.69, 9.17) is 29.4 Å². The van der Waals surface area contributed by atoms with E-state index in [1.165, 1.54) is 0 Å². The molecule has 2 aromatic carbocycles. The fourth-order valence-electron chi connectivity index (χ4n) is 3.36. The lowest BCUT2D eigenvalue weighted by molar-refractivity contribution is -0.145. The lowest BCUT2D eigenvalue weighted by atomic mass is 9.81. The molecule has 0 bridgehead atoms. The van der Waals surface area contributed by atoms with Gasteiger partial charge in [0.25, 0.3) is 0 Å². The van der Waals surface area contributed by atoms with Gasteiger partial charge in [-0.05, 0) is 42.3 Å². The van der Waals surface area contributed by atoms with Crippen molar-refractivity contribution in [2.75, 3.05) is 41.6 Å². The van der Waals surface area contributed by atoms with Crippen LogP contribution in [-0.4, -0.2) is 47.6 Å². The Morgan fingerprint density at radius 1 is 0.828 bits per heavy atom. The van der Waals surface area contributed by atoms with Crippen LogP contribution in [0.4, 0.5) is 0 Å². The van der Waals surface area contributed by atoms with Gasteiger partial charge >= 0.3 is 5.97 Å². The van der Waals surface area contributed by atoms with Crippen molar-refractivity contribution in [1.82, 2.24) is 0 Å². The number of rotatable bonds is 10. The average molecular weight is 403 g/mol. The van der Waals surface area contributed by atoms with Crippen LogP contribution in [0.15, 0.2) is 36.4 Å². The van der Waals surface area contributed by atoms with Crippen molar-refractivity contribution < 1.29 is 28.5 Å². The van der Waals surface area contributed by atoms with Crippen LogP contribution < -0.4 is 24.7 Å². The maximum atomic E-state index is 12.9. The molecule has 0 aliphatic carbocycles. The summed E-state index contributed by atoms with van der Waals surface area (Å²) in [4.78, 5) is 12.9. The van der Waals surface area contributed by atoms with Gasteiger partial charge in [-0.25, -0.2) is 0 Å². The third-order valence-electron chi connectivity index (χ3n) is 4.80. The minimum absolute atomic E-state index is 0.229. The summed E-state index contributed by atoms with van der Waals surface area (Å²) in [5.74, 6) is 0.954. The first kappa shape index (κ1) is 22.4. The van der Waals surface area contributed by atoms with Gasteiger partial charge in [0.1, 0.15) is 0 Å². The van der Waals surface area contributed by atoms with Crippen molar-refractivity contribution >= 4 is 5.97 Å². The molecule has 2 aromatic rings. The molecule has 7 nitrogen and oxygen atoms in total. The summed E-state index contributed by atoms with van der Waals surface area (Å²) in [6.45, 7) is 2.27. The minimum atomic E-state index is -0.627. The number of esters is 1. The van der Waals surface area contributed by atoms with Crippen LogP contribution >= 0.6 is 0 Å². The number of carbonyl (C=O) groups is 1. The second kappa shape index (κ2) is 10.6. The van der Waals surface area contributed by atoms with E-state index in [9.17, 15) is 4.79 Å². The first-order valence-electron chi connectivity index (χ1n) is 9.35. The molecule has 0 saturated heterocycles. The van der Waals surface area contributed by atoms with Gasteiger partial charge in [0.2, 0.25) is 0 Å². The first-order chi connectivity index (χ1) is 14.0. The van der Waals surface area contributed by atoms with Crippen LogP contribution in [0.25, 0.3) is 0 Å². The maximum Gasteiger partial charge on any atom is 0.314 e. The van der Waals surface area contributed by atoms with Gasteiger partial charge in [-0.2, -0.15) is 0 Å². The van der Waals surface area contributed by atoms with Gasteiger partial charge in [0.15, 0.2) is 23.0 Å². The van der Waals surface area contributed by atoms with Crippen molar-refractivity contribution in [2.24, 2.45) is 5.73 Å². The SMILES string of the molecule is CCOC(=O)[C@@H](c1ccc(OC)c(OC)c1)[C@@H](CN)c1ccc(OC)c(OC)c1. The molecular formula is C22H29NO6. The molecule has 0 aliphatic heterocycles. The molecule has 29 heavy (non-hydrogen) atoms. The highest BCUT2D eigenvalue weighted by molar-refractivity contribution is 5.80. The Morgan fingerprint density at radius 3 is 1.76 bits per heavy atom. The fraction of sp³-hybridized carbons (Fsp3) is 0.409. The monoisotopic (exact) mass is 403 g/mol. The lowest BCUT2D eigenvalue weighted by Crippen LogP contribution is -2.28.